The summed E-state index contributed by atoms with van der Waals surface area (Å²) in [7, 11) is 0. The fourth-order valence-corrected chi connectivity index (χ4v) is 2.77. The van der Waals surface area contributed by atoms with Crippen LogP contribution in [-0.4, -0.2) is 17.0 Å². The van der Waals surface area contributed by atoms with Gasteiger partial charge in [0.05, 0.1) is 12.5 Å². The highest BCUT2D eigenvalue weighted by atomic mass is 16.4. The van der Waals surface area contributed by atoms with Crippen molar-refractivity contribution >= 4 is 11.9 Å². The topological polar surface area (TPSA) is 66.4 Å². The molecule has 4 heteroatoms. The molecule has 0 bridgehead atoms. The maximum atomic E-state index is 12.3. The standard InChI is InChI=1S/C16H21NO3/c18-15(19)11-14(12-7-3-1-4-8-12)17-16(20)13-9-5-2-6-10-13/h1,3-4,7-8,13-14H,2,5-6,9-11H2,(H,17,20)(H,18,19)/t14-/m0/s1. The summed E-state index contributed by atoms with van der Waals surface area (Å²) in [6, 6.07) is 8.87. The summed E-state index contributed by atoms with van der Waals surface area (Å²) in [4.78, 5) is 23.2. The molecular weight excluding hydrogens is 254 g/mol. The Kier molecular flexibility index (Phi) is 5.16. The zero-order valence-electron chi connectivity index (χ0n) is 11.5. The van der Waals surface area contributed by atoms with Crippen molar-refractivity contribution in [1.29, 1.82) is 0 Å². The van der Waals surface area contributed by atoms with Crippen LogP contribution in [0.2, 0.25) is 0 Å². The highest BCUT2D eigenvalue weighted by molar-refractivity contribution is 5.80. The first kappa shape index (κ1) is 14.6. The molecule has 4 nitrogen and oxygen atoms in total. The van der Waals surface area contributed by atoms with E-state index in [0.717, 1.165) is 31.2 Å². The largest absolute Gasteiger partial charge is 0.481 e. The Labute approximate surface area is 119 Å². The third-order valence-electron chi connectivity index (χ3n) is 3.87. The fourth-order valence-electron chi connectivity index (χ4n) is 2.77. The maximum absolute atomic E-state index is 12.3. The van der Waals surface area contributed by atoms with Crippen LogP contribution in [0.5, 0.6) is 0 Å². The van der Waals surface area contributed by atoms with E-state index in [2.05, 4.69) is 5.32 Å². The molecule has 1 fully saturated rings. The SMILES string of the molecule is O=C(O)C[C@H](NC(=O)C1CCCCC1)c1ccccc1. The predicted octanol–water partition coefficient (Wildman–Crippen LogP) is 2.90. The van der Waals surface area contributed by atoms with Crippen LogP contribution in [-0.2, 0) is 9.59 Å². The van der Waals surface area contributed by atoms with Gasteiger partial charge in [-0.2, -0.15) is 0 Å². The molecule has 0 aliphatic heterocycles. The molecular formula is C16H21NO3. The van der Waals surface area contributed by atoms with Gasteiger partial charge in [-0.3, -0.25) is 9.59 Å². The van der Waals surface area contributed by atoms with E-state index in [1.165, 1.54) is 6.42 Å². The lowest BCUT2D eigenvalue weighted by Crippen LogP contribution is -2.35. The van der Waals surface area contributed by atoms with Gasteiger partial charge in [0.15, 0.2) is 0 Å². The minimum absolute atomic E-state index is 0.000182. The third-order valence-corrected chi connectivity index (χ3v) is 3.87. The average molecular weight is 275 g/mol. The van der Waals surface area contributed by atoms with Crippen molar-refractivity contribution in [1.82, 2.24) is 5.32 Å². The molecule has 1 atom stereocenters. The van der Waals surface area contributed by atoms with Gasteiger partial charge in [-0.25, -0.2) is 0 Å². The lowest BCUT2D eigenvalue weighted by molar-refractivity contribution is -0.138. The predicted molar refractivity (Wildman–Crippen MR) is 76.2 cm³/mol. The zero-order valence-corrected chi connectivity index (χ0v) is 11.5. The van der Waals surface area contributed by atoms with Crippen LogP contribution < -0.4 is 5.32 Å². The summed E-state index contributed by atoms with van der Waals surface area (Å²) in [5.41, 5.74) is 0.846. The summed E-state index contributed by atoms with van der Waals surface area (Å²) in [6.45, 7) is 0. The number of rotatable bonds is 5. The van der Waals surface area contributed by atoms with Crippen LogP contribution in [0.4, 0.5) is 0 Å². The van der Waals surface area contributed by atoms with Gasteiger partial charge in [-0.05, 0) is 18.4 Å². The molecule has 0 spiro atoms. The molecule has 1 aliphatic carbocycles. The fraction of sp³-hybridized carbons (Fsp3) is 0.500. The van der Waals surface area contributed by atoms with Gasteiger partial charge >= 0.3 is 5.97 Å². The number of carbonyl (C=O) groups excluding carboxylic acids is 1. The quantitative estimate of drug-likeness (QED) is 0.868. The van der Waals surface area contributed by atoms with E-state index < -0.39 is 12.0 Å². The van der Waals surface area contributed by atoms with Crippen LogP contribution in [0, 0.1) is 5.92 Å². The minimum atomic E-state index is -0.900. The van der Waals surface area contributed by atoms with E-state index in [1.807, 2.05) is 30.3 Å². The molecule has 1 aliphatic rings. The van der Waals surface area contributed by atoms with Crippen LogP contribution in [0.25, 0.3) is 0 Å². The van der Waals surface area contributed by atoms with E-state index in [4.69, 9.17) is 5.11 Å². The molecule has 2 N–H and O–H groups in total. The summed E-state index contributed by atoms with van der Waals surface area (Å²) < 4.78 is 0. The van der Waals surface area contributed by atoms with Crippen molar-refractivity contribution in [2.24, 2.45) is 5.92 Å². The van der Waals surface area contributed by atoms with Crippen LogP contribution in [0.3, 0.4) is 0 Å². The summed E-state index contributed by atoms with van der Waals surface area (Å²) in [6.07, 6.45) is 5.13. The minimum Gasteiger partial charge on any atom is -0.481 e. The number of hydrogen-bond acceptors (Lipinski definition) is 2. The van der Waals surface area contributed by atoms with E-state index in [9.17, 15) is 9.59 Å². The van der Waals surface area contributed by atoms with Gasteiger partial charge in [0.1, 0.15) is 0 Å². The lowest BCUT2D eigenvalue weighted by atomic mass is 9.88. The van der Waals surface area contributed by atoms with E-state index in [0.29, 0.717) is 0 Å². The van der Waals surface area contributed by atoms with E-state index in [1.54, 1.807) is 0 Å². The van der Waals surface area contributed by atoms with Gasteiger partial charge in [-0.1, -0.05) is 49.6 Å². The van der Waals surface area contributed by atoms with E-state index in [-0.39, 0.29) is 18.2 Å². The average Bonchev–Trinajstić information content (AvgIpc) is 2.48. The molecule has 2 rings (SSSR count). The molecule has 0 radical (unpaired) electrons. The monoisotopic (exact) mass is 275 g/mol. The molecule has 1 aromatic carbocycles. The first-order valence-electron chi connectivity index (χ1n) is 7.24. The summed E-state index contributed by atoms with van der Waals surface area (Å²) >= 11 is 0. The second-order valence-electron chi connectivity index (χ2n) is 5.40. The first-order valence-corrected chi connectivity index (χ1v) is 7.24. The molecule has 1 amide bonds. The number of amides is 1. The molecule has 0 aromatic heterocycles. The zero-order chi connectivity index (χ0) is 14.4. The number of benzene rings is 1. The highest BCUT2D eigenvalue weighted by Gasteiger charge is 2.25. The Hall–Kier alpha value is -1.84. The Balaban J connectivity index is 2.03. The smallest absolute Gasteiger partial charge is 0.305 e. The second kappa shape index (κ2) is 7.08. The van der Waals surface area contributed by atoms with Gasteiger partial charge < -0.3 is 10.4 Å². The van der Waals surface area contributed by atoms with Crippen LogP contribution >= 0.6 is 0 Å². The van der Waals surface area contributed by atoms with Crippen molar-refractivity contribution in [3.8, 4) is 0 Å². The Bertz CT molecular complexity index is 452. The molecule has 0 saturated heterocycles. The van der Waals surface area contributed by atoms with Crippen molar-refractivity contribution in [2.45, 2.75) is 44.6 Å². The number of carboxylic acids is 1. The molecule has 0 unspecified atom stereocenters. The number of hydrogen-bond donors (Lipinski definition) is 2. The Morgan fingerprint density at radius 3 is 2.40 bits per heavy atom. The van der Waals surface area contributed by atoms with Gasteiger partial charge in [0, 0.05) is 5.92 Å². The second-order valence-corrected chi connectivity index (χ2v) is 5.40. The Morgan fingerprint density at radius 2 is 1.80 bits per heavy atom. The summed E-state index contributed by atoms with van der Waals surface area (Å²) in [5, 5.41) is 11.9. The number of carboxylic acid groups (broad SMARTS) is 1. The maximum Gasteiger partial charge on any atom is 0.305 e. The number of carbonyl (C=O) groups is 2. The van der Waals surface area contributed by atoms with Crippen molar-refractivity contribution in [3.05, 3.63) is 35.9 Å². The Morgan fingerprint density at radius 1 is 1.15 bits per heavy atom. The summed E-state index contributed by atoms with van der Waals surface area (Å²) in [5.74, 6) is -0.855. The molecule has 0 heterocycles. The first-order chi connectivity index (χ1) is 9.66. The van der Waals surface area contributed by atoms with Crippen molar-refractivity contribution in [3.63, 3.8) is 0 Å². The third kappa shape index (κ3) is 4.08. The molecule has 1 saturated carbocycles. The van der Waals surface area contributed by atoms with Crippen LogP contribution in [0.1, 0.15) is 50.1 Å². The number of nitrogens with one attached hydrogen (secondary N) is 1. The molecule has 108 valence electrons. The number of aliphatic carboxylic acids is 1. The van der Waals surface area contributed by atoms with Crippen molar-refractivity contribution < 1.29 is 14.7 Å². The van der Waals surface area contributed by atoms with Gasteiger partial charge in [-0.15, -0.1) is 0 Å². The lowest BCUT2D eigenvalue weighted by Gasteiger charge is -2.24. The van der Waals surface area contributed by atoms with Crippen molar-refractivity contribution in [2.75, 3.05) is 0 Å². The molecule has 1 aromatic rings. The highest BCUT2D eigenvalue weighted by Crippen LogP contribution is 2.25. The van der Waals surface area contributed by atoms with Crippen LogP contribution in [0.15, 0.2) is 30.3 Å². The normalized spacial score (nSPS) is 17.4. The molecule has 20 heavy (non-hydrogen) atoms. The van der Waals surface area contributed by atoms with E-state index >= 15 is 0 Å². The van der Waals surface area contributed by atoms with Gasteiger partial charge in [0.25, 0.3) is 0 Å². The van der Waals surface area contributed by atoms with Gasteiger partial charge in [0.2, 0.25) is 5.91 Å².